The number of carbonyl (C=O) groups is 2. The molecule has 132 valence electrons. The lowest BCUT2D eigenvalue weighted by Gasteiger charge is -2.37. The van der Waals surface area contributed by atoms with Gasteiger partial charge in [0.2, 0.25) is 0 Å². The molecule has 1 amide bonds. The summed E-state index contributed by atoms with van der Waals surface area (Å²) in [6.07, 6.45) is -0.309. The third-order valence-corrected chi connectivity index (χ3v) is 3.96. The first kappa shape index (κ1) is 18.4. The molecule has 1 aliphatic rings. The Kier molecular flexibility index (Phi) is 5.59. The molecule has 2 rings (SSSR count). The fraction of sp³-hybridized carbons (Fsp3) is 0.529. The summed E-state index contributed by atoms with van der Waals surface area (Å²) in [4.78, 5) is 27.5. The van der Waals surface area contributed by atoms with E-state index >= 15 is 0 Å². The Balaban J connectivity index is 2.04. The molecule has 0 radical (unpaired) electrons. The molecule has 0 atom stereocenters. The van der Waals surface area contributed by atoms with Crippen LogP contribution in [0.5, 0.6) is 0 Å². The van der Waals surface area contributed by atoms with Crippen LogP contribution >= 0.6 is 11.6 Å². The van der Waals surface area contributed by atoms with Crippen molar-refractivity contribution in [2.45, 2.75) is 26.4 Å². The predicted octanol–water partition coefficient (Wildman–Crippen LogP) is 3.18. The molecule has 0 saturated carbocycles. The lowest BCUT2D eigenvalue weighted by molar-refractivity contribution is 0.0240. The van der Waals surface area contributed by atoms with Crippen LogP contribution in [0.2, 0.25) is 5.02 Å². The van der Waals surface area contributed by atoms with Gasteiger partial charge in [0.05, 0.1) is 23.4 Å². The Morgan fingerprint density at radius 2 is 1.75 bits per heavy atom. The number of rotatable bonds is 2. The second kappa shape index (κ2) is 7.30. The highest BCUT2D eigenvalue weighted by Crippen LogP contribution is 2.28. The second-order valence-electron chi connectivity index (χ2n) is 6.61. The van der Waals surface area contributed by atoms with E-state index in [1.807, 2.05) is 20.8 Å². The van der Waals surface area contributed by atoms with Gasteiger partial charge in [0.15, 0.2) is 0 Å². The Bertz CT molecular complexity index is 620. The van der Waals surface area contributed by atoms with Crippen LogP contribution < -0.4 is 4.90 Å². The van der Waals surface area contributed by atoms with Gasteiger partial charge in [-0.05, 0) is 39.0 Å². The Labute approximate surface area is 147 Å². The van der Waals surface area contributed by atoms with Crippen molar-refractivity contribution in [3.63, 3.8) is 0 Å². The molecule has 1 heterocycles. The van der Waals surface area contributed by atoms with Gasteiger partial charge >= 0.3 is 12.1 Å². The second-order valence-corrected chi connectivity index (χ2v) is 7.02. The van der Waals surface area contributed by atoms with Crippen LogP contribution in [0, 0.1) is 0 Å². The lowest BCUT2D eigenvalue weighted by Crippen LogP contribution is -2.50. The van der Waals surface area contributed by atoms with Crippen molar-refractivity contribution in [3.8, 4) is 0 Å². The topological polar surface area (TPSA) is 59.1 Å². The average Bonchev–Trinajstić information content (AvgIpc) is 2.53. The summed E-state index contributed by atoms with van der Waals surface area (Å²) >= 11 is 6.26. The predicted molar refractivity (Wildman–Crippen MR) is 92.8 cm³/mol. The first-order valence-corrected chi connectivity index (χ1v) is 8.20. The molecule has 1 aromatic rings. The molecule has 7 heteroatoms. The number of halogens is 1. The van der Waals surface area contributed by atoms with Crippen LogP contribution in [0.3, 0.4) is 0 Å². The number of methoxy groups -OCH3 is 1. The third kappa shape index (κ3) is 4.54. The normalized spacial score (nSPS) is 15.2. The minimum absolute atomic E-state index is 0.309. The molecule has 0 spiro atoms. The van der Waals surface area contributed by atoms with Crippen molar-refractivity contribution in [3.05, 3.63) is 28.8 Å². The van der Waals surface area contributed by atoms with Crippen LogP contribution in [-0.4, -0.2) is 55.9 Å². The standard InChI is InChI=1S/C17H23ClN2O4/c1-17(2,3)24-16(22)20-9-7-19(8-10-20)14-11-12(15(21)23-4)5-6-13(14)18/h5-6,11H,7-10H2,1-4H3. The molecule has 1 aromatic carbocycles. The number of piperazine rings is 1. The molecular weight excluding hydrogens is 332 g/mol. The van der Waals surface area contributed by atoms with E-state index in [0.717, 1.165) is 5.69 Å². The van der Waals surface area contributed by atoms with Gasteiger partial charge in [-0.3, -0.25) is 0 Å². The van der Waals surface area contributed by atoms with Crippen molar-refractivity contribution < 1.29 is 19.1 Å². The van der Waals surface area contributed by atoms with Gasteiger partial charge < -0.3 is 19.3 Å². The van der Waals surface area contributed by atoms with E-state index in [-0.39, 0.29) is 6.09 Å². The van der Waals surface area contributed by atoms with Gasteiger partial charge in [0.1, 0.15) is 5.60 Å². The summed E-state index contributed by atoms with van der Waals surface area (Å²) in [7, 11) is 1.34. The summed E-state index contributed by atoms with van der Waals surface area (Å²) < 4.78 is 10.1. The average molecular weight is 355 g/mol. The summed E-state index contributed by atoms with van der Waals surface area (Å²) in [6.45, 7) is 7.84. The maximum absolute atomic E-state index is 12.1. The van der Waals surface area contributed by atoms with Crippen LogP contribution in [0.15, 0.2) is 18.2 Å². The lowest BCUT2D eigenvalue weighted by atomic mass is 10.1. The fourth-order valence-electron chi connectivity index (χ4n) is 2.46. The summed E-state index contributed by atoms with van der Waals surface area (Å²) in [6, 6.07) is 5.04. The minimum atomic E-state index is -0.508. The molecule has 1 aliphatic heterocycles. The quantitative estimate of drug-likeness (QED) is 0.763. The highest BCUT2D eigenvalue weighted by molar-refractivity contribution is 6.33. The number of hydrogen-bond acceptors (Lipinski definition) is 5. The summed E-state index contributed by atoms with van der Waals surface area (Å²) in [5.41, 5.74) is 0.710. The maximum atomic E-state index is 12.1. The third-order valence-electron chi connectivity index (χ3n) is 3.64. The molecule has 0 bridgehead atoms. The highest BCUT2D eigenvalue weighted by atomic mass is 35.5. The SMILES string of the molecule is COC(=O)c1ccc(Cl)c(N2CCN(C(=O)OC(C)(C)C)CC2)c1. The van der Waals surface area contributed by atoms with E-state index in [0.29, 0.717) is 36.8 Å². The number of esters is 1. The number of anilines is 1. The monoisotopic (exact) mass is 354 g/mol. The molecule has 6 nitrogen and oxygen atoms in total. The van der Waals surface area contributed by atoms with Crippen LogP contribution in [0.25, 0.3) is 0 Å². The molecule has 0 aliphatic carbocycles. The number of hydrogen-bond donors (Lipinski definition) is 0. The molecular formula is C17H23ClN2O4. The van der Waals surface area contributed by atoms with Gasteiger partial charge in [-0.2, -0.15) is 0 Å². The molecule has 24 heavy (non-hydrogen) atoms. The number of benzene rings is 1. The summed E-state index contributed by atoms with van der Waals surface area (Å²) in [5.74, 6) is -0.402. The van der Waals surface area contributed by atoms with E-state index in [1.54, 1.807) is 23.1 Å². The van der Waals surface area contributed by atoms with E-state index in [9.17, 15) is 9.59 Å². The largest absolute Gasteiger partial charge is 0.465 e. The van der Waals surface area contributed by atoms with E-state index < -0.39 is 11.6 Å². The Morgan fingerprint density at radius 3 is 2.29 bits per heavy atom. The van der Waals surface area contributed by atoms with E-state index in [2.05, 4.69) is 4.90 Å². The van der Waals surface area contributed by atoms with Gasteiger partial charge in [-0.25, -0.2) is 9.59 Å². The molecule has 1 fully saturated rings. The molecule has 0 unspecified atom stereocenters. The Hall–Kier alpha value is -1.95. The summed E-state index contributed by atoms with van der Waals surface area (Å²) in [5, 5.41) is 0.563. The first-order chi connectivity index (χ1) is 11.2. The highest BCUT2D eigenvalue weighted by Gasteiger charge is 2.26. The fourth-order valence-corrected chi connectivity index (χ4v) is 2.69. The van der Waals surface area contributed by atoms with E-state index in [4.69, 9.17) is 21.1 Å². The minimum Gasteiger partial charge on any atom is -0.465 e. The van der Waals surface area contributed by atoms with Gasteiger partial charge in [0.25, 0.3) is 0 Å². The van der Waals surface area contributed by atoms with Crippen molar-refractivity contribution in [1.29, 1.82) is 0 Å². The van der Waals surface area contributed by atoms with Crippen molar-refractivity contribution >= 4 is 29.4 Å². The molecule has 1 saturated heterocycles. The van der Waals surface area contributed by atoms with Gasteiger partial charge in [-0.15, -0.1) is 0 Å². The van der Waals surface area contributed by atoms with Gasteiger partial charge in [0, 0.05) is 26.2 Å². The van der Waals surface area contributed by atoms with Crippen LogP contribution in [0.1, 0.15) is 31.1 Å². The first-order valence-electron chi connectivity index (χ1n) is 7.82. The zero-order chi connectivity index (χ0) is 17.9. The van der Waals surface area contributed by atoms with Crippen LogP contribution in [-0.2, 0) is 9.47 Å². The van der Waals surface area contributed by atoms with Crippen molar-refractivity contribution in [2.75, 3.05) is 38.2 Å². The zero-order valence-corrected chi connectivity index (χ0v) is 15.2. The molecule has 0 aromatic heterocycles. The smallest absolute Gasteiger partial charge is 0.410 e. The van der Waals surface area contributed by atoms with Gasteiger partial charge in [-0.1, -0.05) is 11.6 Å². The van der Waals surface area contributed by atoms with Crippen molar-refractivity contribution in [1.82, 2.24) is 4.90 Å². The van der Waals surface area contributed by atoms with Crippen molar-refractivity contribution in [2.24, 2.45) is 0 Å². The number of amides is 1. The van der Waals surface area contributed by atoms with Crippen LogP contribution in [0.4, 0.5) is 10.5 Å². The number of carbonyl (C=O) groups excluding carboxylic acids is 2. The zero-order valence-electron chi connectivity index (χ0n) is 14.5. The maximum Gasteiger partial charge on any atom is 0.410 e. The number of ether oxygens (including phenoxy) is 2. The Morgan fingerprint density at radius 1 is 1.12 bits per heavy atom. The molecule has 0 N–H and O–H groups in total. The van der Waals surface area contributed by atoms with E-state index in [1.165, 1.54) is 7.11 Å². The number of nitrogens with zero attached hydrogens (tertiary/aromatic N) is 2.